The van der Waals surface area contributed by atoms with E-state index in [1.165, 1.54) is 0 Å². The van der Waals surface area contributed by atoms with E-state index in [9.17, 15) is 54.0 Å². The van der Waals surface area contributed by atoms with Crippen molar-refractivity contribution in [3.63, 3.8) is 0 Å². The minimum atomic E-state index is -3.86. The number of amides is 6. The van der Waals surface area contributed by atoms with Crippen LogP contribution in [0.5, 0.6) is 0 Å². The molecule has 6 fully saturated rings. The average Bonchev–Trinajstić information content (AvgIpc) is 1.37. The third kappa shape index (κ3) is 19.8. The molecule has 15 rings (SSSR count). The minimum Gasteiger partial charge on any atom is -0.341 e. The predicted octanol–water partition coefficient (Wildman–Crippen LogP) is 13.0. The number of likely N-dealkylation sites (N-methyl/N-ethyl adjacent to an activating group) is 3. The topological polar surface area (TPSA) is 296 Å². The smallest absolute Gasteiger partial charge is 0.255 e. The number of carbonyl (C=O) groups is 6. The standard InChI is InChI=1S/2C31H38N4O4S.C30H36N4O4S/c2*1-4-34-18-9-15-28(34)31(37)35-19-17-26(22(3)20-35)33-40(38,39)29-16-8-12-24-25(29)13-7-14-27(24)32-30(36)23-11-6-5-10-21(23)2;1-3-33-18-8-14-27(33)30(36)34-19-16-22(17-20-34)32-39(37,38)28-15-7-11-24-25(28)12-6-13-26(24)31-29(35)23-10-5-4-9-21(23)2/h2*5-8,10-14,16,22,26,28,33H,4,9,15,17-20H2,1-3H3,(H,32,36);4-7,9-13,15,22,27,32H,3,8,14,16-20H2,1-2H3,(H,31,35)/t22-,26+,28+;22-,26-,28-;27-/m100/s1. The fourth-order valence-electron chi connectivity index (χ4n) is 18.1. The van der Waals surface area contributed by atoms with Crippen LogP contribution in [-0.4, -0.2) is 205 Å². The number of fused-ring (bicyclic) bond motifs is 3. The summed E-state index contributed by atoms with van der Waals surface area (Å²) < 4.78 is 90.5. The molecular formula is C92H112N12O12S3. The summed E-state index contributed by atoms with van der Waals surface area (Å²) in [6.07, 6.45) is 8.08. The number of rotatable bonds is 21. The molecule has 6 amide bonds. The summed E-state index contributed by atoms with van der Waals surface area (Å²) in [7, 11) is -11.6. The number of nitrogens with zero attached hydrogens (tertiary/aromatic N) is 6. The maximum absolute atomic E-state index is 13.7. The van der Waals surface area contributed by atoms with Gasteiger partial charge in [0.25, 0.3) is 17.7 Å². The van der Waals surface area contributed by atoms with Crippen LogP contribution < -0.4 is 30.1 Å². The largest absolute Gasteiger partial charge is 0.341 e. The SMILES string of the molecule is CCN1CCC[C@H]1C(=O)N1CCC(NS(=O)(=O)c2cccc3c(NC(=O)c4ccccc4C)cccc23)CC1.CCN1CCC[C@H]1C(=O)N1CC[C@H](NS(=O)(=O)c2cccc3c(NC(=O)c4ccccc4C)cccc23)[C@@H](C)C1.CCN1CCC[C@H]1C(=O)N1CC[C@H](NS(=O)(=O)c2cccc3c(NC(=O)c4ccccc4C)cccc23)[C@H](C)C1. The average molecular weight is 1670 g/mol. The zero-order chi connectivity index (χ0) is 84.5. The lowest BCUT2D eigenvalue weighted by Crippen LogP contribution is -2.54. The minimum absolute atomic E-state index is 0.0251. The first-order valence-corrected chi connectivity index (χ1v) is 46.4. The van der Waals surface area contributed by atoms with Crippen LogP contribution in [-0.2, 0) is 44.5 Å². The second kappa shape index (κ2) is 38.3. The van der Waals surface area contributed by atoms with Gasteiger partial charge < -0.3 is 30.7 Å². The second-order valence-corrected chi connectivity index (χ2v) is 37.5. The molecule has 6 N–H and O–H groups in total. The Bertz CT molecular complexity index is 5380. The van der Waals surface area contributed by atoms with Gasteiger partial charge in [0.15, 0.2) is 0 Å². The summed E-state index contributed by atoms with van der Waals surface area (Å²) >= 11 is 0. The third-order valence-corrected chi connectivity index (χ3v) is 29.4. The Morgan fingerprint density at radius 1 is 0.328 bits per heavy atom. The molecule has 27 heteroatoms. The van der Waals surface area contributed by atoms with Crippen LogP contribution in [0.2, 0.25) is 0 Å². The molecular weight excluding hydrogens is 1560 g/mol. The van der Waals surface area contributed by atoms with Crippen molar-refractivity contribution in [2.45, 2.75) is 171 Å². The second-order valence-electron chi connectivity index (χ2n) is 32.4. The molecule has 630 valence electrons. The van der Waals surface area contributed by atoms with Gasteiger partial charge in [0.05, 0.1) is 32.8 Å². The summed E-state index contributed by atoms with van der Waals surface area (Å²) in [5.41, 5.74) is 5.95. The van der Waals surface area contributed by atoms with Gasteiger partial charge >= 0.3 is 0 Å². The van der Waals surface area contributed by atoms with Crippen LogP contribution in [0, 0.1) is 32.6 Å². The highest BCUT2D eigenvalue weighted by molar-refractivity contribution is 7.90. The Kier molecular flexibility index (Phi) is 28.0. The lowest BCUT2D eigenvalue weighted by atomic mass is 9.94. The fourth-order valence-corrected chi connectivity index (χ4v) is 22.8. The van der Waals surface area contributed by atoms with E-state index in [0.717, 1.165) is 94.5 Å². The number of likely N-dealkylation sites (tertiary alicyclic amines) is 6. The number of hydrogen-bond acceptors (Lipinski definition) is 15. The number of hydrogen-bond donors (Lipinski definition) is 6. The van der Waals surface area contributed by atoms with E-state index in [2.05, 4.69) is 65.6 Å². The van der Waals surface area contributed by atoms with E-state index >= 15 is 0 Å². The van der Waals surface area contributed by atoms with Crippen molar-refractivity contribution < 1.29 is 54.0 Å². The van der Waals surface area contributed by atoms with Crippen LogP contribution in [0.1, 0.15) is 147 Å². The summed E-state index contributed by atoms with van der Waals surface area (Å²) in [6, 6.07) is 52.3. The highest BCUT2D eigenvalue weighted by Gasteiger charge is 2.41. The van der Waals surface area contributed by atoms with Crippen LogP contribution in [0.3, 0.4) is 0 Å². The number of anilines is 3. The highest BCUT2D eigenvalue weighted by atomic mass is 32.2. The zero-order valence-corrected chi connectivity index (χ0v) is 71.8. The maximum atomic E-state index is 13.7. The normalized spacial score (nSPS) is 21.0. The molecule has 6 saturated heterocycles. The van der Waals surface area contributed by atoms with E-state index in [0.29, 0.717) is 131 Å². The first-order valence-electron chi connectivity index (χ1n) is 42.0. The van der Waals surface area contributed by atoms with Crippen LogP contribution in [0.25, 0.3) is 32.3 Å². The number of sulfonamides is 3. The molecule has 6 aliphatic heterocycles. The van der Waals surface area contributed by atoms with Crippen molar-refractivity contribution in [2.24, 2.45) is 11.8 Å². The van der Waals surface area contributed by atoms with Crippen molar-refractivity contribution in [3.05, 3.63) is 215 Å². The Morgan fingerprint density at radius 3 is 0.924 bits per heavy atom. The third-order valence-electron chi connectivity index (χ3n) is 24.8. The van der Waals surface area contributed by atoms with Gasteiger partial charge in [-0.05, 0) is 207 Å². The Morgan fingerprint density at radius 2 is 0.613 bits per heavy atom. The van der Waals surface area contributed by atoms with Crippen molar-refractivity contribution in [3.8, 4) is 0 Å². The Balaban J connectivity index is 0.000000155. The molecule has 0 bridgehead atoms. The van der Waals surface area contributed by atoms with E-state index in [1.54, 1.807) is 109 Å². The van der Waals surface area contributed by atoms with Gasteiger partial charge in [0.2, 0.25) is 47.8 Å². The van der Waals surface area contributed by atoms with Gasteiger partial charge in [-0.3, -0.25) is 43.5 Å². The molecule has 0 saturated carbocycles. The van der Waals surface area contributed by atoms with Crippen LogP contribution in [0.15, 0.2) is 197 Å². The summed E-state index contributed by atoms with van der Waals surface area (Å²) in [5.74, 6) is -0.272. The monoisotopic (exact) mass is 1670 g/mol. The van der Waals surface area contributed by atoms with E-state index < -0.39 is 30.1 Å². The molecule has 119 heavy (non-hydrogen) atoms. The number of carbonyl (C=O) groups excluding carboxylic acids is 6. The van der Waals surface area contributed by atoms with Gasteiger partial charge in [-0.2, -0.15) is 0 Å². The van der Waals surface area contributed by atoms with Crippen molar-refractivity contribution in [1.29, 1.82) is 0 Å². The molecule has 9 aromatic carbocycles. The maximum Gasteiger partial charge on any atom is 0.255 e. The predicted molar refractivity (Wildman–Crippen MR) is 469 cm³/mol. The lowest BCUT2D eigenvalue weighted by Gasteiger charge is -2.39. The first-order chi connectivity index (χ1) is 57.2. The molecule has 0 aliphatic carbocycles. The van der Waals surface area contributed by atoms with Gasteiger partial charge in [-0.25, -0.2) is 39.4 Å². The number of benzene rings is 9. The molecule has 6 aliphatic rings. The molecule has 24 nitrogen and oxygen atoms in total. The molecule has 6 heterocycles. The number of nitrogens with one attached hydrogen (secondary N) is 6. The van der Waals surface area contributed by atoms with Crippen molar-refractivity contribution in [2.75, 3.05) is 94.5 Å². The molecule has 0 spiro atoms. The zero-order valence-electron chi connectivity index (χ0n) is 69.3. The summed E-state index contributed by atoms with van der Waals surface area (Å²) in [5, 5.41) is 12.5. The molecule has 0 unspecified atom stereocenters. The molecule has 0 radical (unpaired) electrons. The summed E-state index contributed by atoms with van der Waals surface area (Å²) in [6.45, 7) is 24.6. The van der Waals surface area contributed by atoms with Gasteiger partial charge in [-0.15, -0.1) is 0 Å². The van der Waals surface area contributed by atoms with E-state index in [1.807, 2.05) is 122 Å². The van der Waals surface area contributed by atoms with E-state index in [-0.39, 0.29) is 98.2 Å². The van der Waals surface area contributed by atoms with Crippen LogP contribution >= 0.6 is 0 Å². The first kappa shape index (κ1) is 87.0. The van der Waals surface area contributed by atoms with Crippen molar-refractivity contribution >= 4 is 115 Å². The quantitative estimate of drug-likeness (QED) is 0.0390. The Hall–Kier alpha value is -9.81. The highest BCUT2D eigenvalue weighted by Crippen LogP contribution is 2.36. The van der Waals surface area contributed by atoms with Gasteiger partial charge in [0.1, 0.15) is 0 Å². The lowest BCUT2D eigenvalue weighted by molar-refractivity contribution is -0.138. The van der Waals surface area contributed by atoms with Crippen molar-refractivity contribution in [1.82, 2.24) is 43.6 Å². The number of piperidine rings is 3. The Labute approximate surface area is 700 Å². The molecule has 9 aromatic rings. The fraction of sp³-hybridized carbons (Fsp3) is 0.413. The van der Waals surface area contributed by atoms with E-state index in [4.69, 9.17) is 0 Å². The van der Waals surface area contributed by atoms with Gasteiger partial charge in [0, 0.05) is 123 Å². The van der Waals surface area contributed by atoms with Gasteiger partial charge in [-0.1, -0.05) is 162 Å². The molecule has 0 aromatic heterocycles. The summed E-state index contributed by atoms with van der Waals surface area (Å²) in [4.78, 5) is 91.3. The van der Waals surface area contributed by atoms with Crippen LogP contribution in [0.4, 0.5) is 17.1 Å². The molecule has 7 atom stereocenters. The number of aryl methyl sites for hydroxylation is 3.